The molecule has 23 heavy (non-hydrogen) atoms. The number of aromatic nitrogens is 1. The molecule has 0 unspecified atom stereocenters. The minimum absolute atomic E-state index is 0.159. The molecule has 0 fully saturated rings. The summed E-state index contributed by atoms with van der Waals surface area (Å²) in [6.45, 7) is 3.82. The van der Waals surface area contributed by atoms with E-state index in [4.69, 9.17) is 5.11 Å². The van der Waals surface area contributed by atoms with Crippen LogP contribution in [0.5, 0.6) is 0 Å². The van der Waals surface area contributed by atoms with Crippen LogP contribution in [0, 0.1) is 0 Å². The van der Waals surface area contributed by atoms with Gasteiger partial charge in [-0.3, -0.25) is 0 Å². The van der Waals surface area contributed by atoms with E-state index >= 15 is 0 Å². The summed E-state index contributed by atoms with van der Waals surface area (Å²) >= 11 is 4.13. The first kappa shape index (κ1) is 17.9. The first-order valence-electron chi connectivity index (χ1n) is 7.62. The average molecular weight is 348 g/mol. The number of aliphatic hydroxyl groups excluding tert-OH is 1. The molecule has 0 bridgehead atoms. The van der Waals surface area contributed by atoms with Crippen molar-refractivity contribution in [2.24, 2.45) is 0 Å². The number of hydrogen-bond donors (Lipinski definition) is 3. The fourth-order valence-corrected chi connectivity index (χ4v) is 2.72. The first-order valence-corrected chi connectivity index (χ1v) is 9.65. The molecule has 0 saturated carbocycles. The lowest BCUT2D eigenvalue weighted by atomic mass is 10.1. The molecular weight excluding hydrogens is 324 g/mol. The van der Waals surface area contributed by atoms with Crippen LogP contribution < -0.4 is 9.88 Å². The molecule has 0 spiro atoms. The molecular formula is C18H23N2OS2+. The van der Waals surface area contributed by atoms with Crippen LogP contribution in [-0.4, -0.2) is 24.0 Å². The van der Waals surface area contributed by atoms with Gasteiger partial charge in [-0.05, 0) is 35.8 Å². The second-order valence-corrected chi connectivity index (χ2v) is 6.70. The Kier molecular flexibility index (Phi) is 7.52. The van der Waals surface area contributed by atoms with E-state index in [1.54, 1.807) is 10.8 Å². The van der Waals surface area contributed by atoms with E-state index in [2.05, 4.69) is 66.4 Å². The molecule has 0 radical (unpaired) electrons. The number of nitrogens with zero attached hydrogens (tertiary/aromatic N) is 1. The summed E-state index contributed by atoms with van der Waals surface area (Å²) in [5.74, 6) is 0.980. The molecule has 2 N–H and O–H groups in total. The summed E-state index contributed by atoms with van der Waals surface area (Å²) in [7, 11) is 1.54. The third-order valence-electron chi connectivity index (χ3n) is 3.52. The van der Waals surface area contributed by atoms with Crippen molar-refractivity contribution in [1.82, 2.24) is 0 Å². The highest BCUT2D eigenvalue weighted by Crippen LogP contribution is 2.18. The van der Waals surface area contributed by atoms with Crippen LogP contribution in [0.4, 0.5) is 5.69 Å². The van der Waals surface area contributed by atoms with Gasteiger partial charge in [0, 0.05) is 30.1 Å². The summed E-state index contributed by atoms with van der Waals surface area (Å²) in [4.78, 5) is 0. The van der Waals surface area contributed by atoms with Crippen molar-refractivity contribution < 1.29 is 9.67 Å². The molecule has 0 aliphatic heterocycles. The van der Waals surface area contributed by atoms with E-state index in [-0.39, 0.29) is 6.61 Å². The van der Waals surface area contributed by atoms with Crippen LogP contribution in [0.2, 0.25) is 0 Å². The van der Waals surface area contributed by atoms with Gasteiger partial charge < -0.3 is 10.4 Å². The normalized spacial score (nSPS) is 11.5. The van der Waals surface area contributed by atoms with Crippen molar-refractivity contribution in [2.75, 3.05) is 24.2 Å². The van der Waals surface area contributed by atoms with Crippen LogP contribution >= 0.6 is 22.5 Å². The van der Waals surface area contributed by atoms with Gasteiger partial charge >= 0.3 is 0 Å². The van der Waals surface area contributed by atoms with Gasteiger partial charge in [-0.1, -0.05) is 29.0 Å². The molecule has 1 aromatic carbocycles. The lowest BCUT2D eigenvalue weighted by Crippen LogP contribution is -2.34. The summed E-state index contributed by atoms with van der Waals surface area (Å²) in [6.07, 6.45) is 6.17. The second-order valence-electron chi connectivity index (χ2n) is 5.26. The van der Waals surface area contributed by atoms with Gasteiger partial charge in [0.1, 0.15) is 6.61 Å². The van der Waals surface area contributed by atoms with Gasteiger partial charge in [0.15, 0.2) is 18.9 Å². The monoisotopic (exact) mass is 347 g/mol. The van der Waals surface area contributed by atoms with Crippen molar-refractivity contribution >= 4 is 39.8 Å². The van der Waals surface area contributed by atoms with E-state index in [1.807, 2.05) is 17.0 Å². The van der Waals surface area contributed by atoms with Gasteiger partial charge in [0.2, 0.25) is 0 Å². The SMILES string of the molecule is C/C(=C\c1ccc(NCCSS)cc1)c1cc[n+](CCO)cc1. The predicted octanol–water partition coefficient (Wildman–Crippen LogP) is 3.52. The van der Waals surface area contributed by atoms with Gasteiger partial charge in [0.05, 0.1) is 0 Å². The Bertz CT molecular complexity index is 624. The highest BCUT2D eigenvalue weighted by molar-refractivity contribution is 8.68. The number of thiol groups is 1. The zero-order chi connectivity index (χ0) is 16.5. The molecule has 3 nitrogen and oxygen atoms in total. The number of benzene rings is 1. The maximum Gasteiger partial charge on any atom is 0.171 e. The van der Waals surface area contributed by atoms with Gasteiger partial charge in [-0.15, -0.1) is 11.7 Å². The quantitative estimate of drug-likeness (QED) is 0.296. The summed E-state index contributed by atoms with van der Waals surface area (Å²) < 4.78 is 1.97. The third kappa shape index (κ3) is 5.94. The number of pyridine rings is 1. The third-order valence-corrected chi connectivity index (χ3v) is 4.46. The van der Waals surface area contributed by atoms with Gasteiger partial charge in [-0.2, -0.15) is 0 Å². The van der Waals surface area contributed by atoms with Crippen LogP contribution in [0.1, 0.15) is 18.1 Å². The second kappa shape index (κ2) is 9.65. The number of aliphatic hydroxyl groups is 1. The molecule has 2 rings (SSSR count). The van der Waals surface area contributed by atoms with E-state index < -0.39 is 0 Å². The summed E-state index contributed by atoms with van der Waals surface area (Å²) in [5.41, 5.74) is 4.72. The predicted molar refractivity (Wildman–Crippen MR) is 104 cm³/mol. The standard InChI is InChI=1S/C18H22N2OS2/c1-15(17-6-9-20(10-7-17)11-12-21)14-16-2-4-18(5-3-16)19-8-13-23-22/h2-7,9-10,14,21-22H,8,11-13H2,1H3/p+1. The zero-order valence-electron chi connectivity index (χ0n) is 13.3. The summed E-state index contributed by atoms with van der Waals surface area (Å²) in [6, 6.07) is 12.6. The van der Waals surface area contributed by atoms with E-state index in [9.17, 15) is 0 Å². The Balaban J connectivity index is 2.02. The highest BCUT2D eigenvalue weighted by Gasteiger charge is 2.02. The molecule has 1 aromatic heterocycles. The van der Waals surface area contributed by atoms with Gasteiger partial charge in [0.25, 0.3) is 0 Å². The lowest BCUT2D eigenvalue weighted by Gasteiger charge is -2.06. The first-order chi connectivity index (χ1) is 11.2. The topological polar surface area (TPSA) is 36.1 Å². The van der Waals surface area contributed by atoms with E-state index in [0.717, 1.165) is 18.0 Å². The fraction of sp³-hybridized carbons (Fsp3) is 0.278. The van der Waals surface area contributed by atoms with Crippen LogP contribution in [-0.2, 0) is 6.54 Å². The summed E-state index contributed by atoms with van der Waals surface area (Å²) in [5, 5.41) is 12.3. The molecule has 0 aliphatic rings. The van der Waals surface area contributed by atoms with Crippen molar-refractivity contribution in [3.63, 3.8) is 0 Å². The molecule has 122 valence electrons. The minimum Gasteiger partial charge on any atom is -0.390 e. The maximum absolute atomic E-state index is 8.94. The minimum atomic E-state index is 0.159. The van der Waals surface area contributed by atoms with E-state index in [1.165, 1.54) is 16.7 Å². The largest absolute Gasteiger partial charge is 0.390 e. The average Bonchev–Trinajstić information content (AvgIpc) is 2.57. The van der Waals surface area contributed by atoms with E-state index in [0.29, 0.717) is 6.54 Å². The molecule has 0 aliphatic carbocycles. The van der Waals surface area contributed by atoms with Crippen molar-refractivity contribution in [1.29, 1.82) is 0 Å². The Labute approximate surface area is 147 Å². The van der Waals surface area contributed by atoms with Crippen LogP contribution in [0.3, 0.4) is 0 Å². The number of hydrogen-bond acceptors (Lipinski definition) is 4. The Morgan fingerprint density at radius 2 is 1.91 bits per heavy atom. The van der Waals surface area contributed by atoms with Crippen molar-refractivity contribution in [3.05, 3.63) is 59.9 Å². The number of anilines is 1. The smallest absolute Gasteiger partial charge is 0.171 e. The molecule has 1 heterocycles. The van der Waals surface area contributed by atoms with Crippen LogP contribution in [0.15, 0.2) is 48.8 Å². The molecule has 0 amide bonds. The molecule has 0 saturated heterocycles. The zero-order valence-corrected chi connectivity index (χ0v) is 15.0. The highest BCUT2D eigenvalue weighted by atomic mass is 33.1. The Morgan fingerprint density at radius 3 is 2.52 bits per heavy atom. The molecule has 0 atom stereocenters. The fourth-order valence-electron chi connectivity index (χ4n) is 2.26. The van der Waals surface area contributed by atoms with Crippen molar-refractivity contribution in [2.45, 2.75) is 13.5 Å². The molecule has 5 heteroatoms. The maximum atomic E-state index is 8.94. The van der Waals surface area contributed by atoms with Gasteiger partial charge in [-0.25, -0.2) is 4.57 Å². The Hall–Kier alpha value is -1.43. The number of nitrogens with one attached hydrogen (secondary N) is 1. The number of rotatable bonds is 8. The lowest BCUT2D eigenvalue weighted by molar-refractivity contribution is -0.698. The molecule has 2 aromatic rings. The Morgan fingerprint density at radius 1 is 1.22 bits per heavy atom. The number of allylic oxidation sites excluding steroid dienone is 1. The van der Waals surface area contributed by atoms with Crippen molar-refractivity contribution in [3.8, 4) is 0 Å². The van der Waals surface area contributed by atoms with Crippen LogP contribution in [0.25, 0.3) is 11.6 Å².